The summed E-state index contributed by atoms with van der Waals surface area (Å²) >= 11 is 0. The molecule has 2 rings (SSSR count). The van der Waals surface area contributed by atoms with Gasteiger partial charge in [-0.15, -0.1) is 0 Å². The lowest BCUT2D eigenvalue weighted by Gasteiger charge is -2.22. The Balaban J connectivity index is 1.78. The highest BCUT2D eigenvalue weighted by atomic mass is 16.4. The lowest BCUT2D eigenvalue weighted by molar-refractivity contribution is -0.142. The second-order valence-electron chi connectivity index (χ2n) is 5.72. The zero-order valence-electron chi connectivity index (χ0n) is 11.4. The average Bonchev–Trinajstić information content (AvgIpc) is 2.66. The molecular formula is C14H24N2O3. The van der Waals surface area contributed by atoms with Gasteiger partial charge in [-0.3, -0.25) is 14.5 Å². The molecule has 5 nitrogen and oxygen atoms in total. The van der Waals surface area contributed by atoms with Crippen molar-refractivity contribution in [2.24, 2.45) is 0 Å². The Bertz CT molecular complexity index is 325. The Labute approximate surface area is 114 Å². The van der Waals surface area contributed by atoms with Gasteiger partial charge in [0.2, 0.25) is 5.91 Å². The number of carbonyl (C=O) groups is 2. The van der Waals surface area contributed by atoms with Crippen molar-refractivity contribution in [2.45, 2.75) is 63.5 Å². The van der Waals surface area contributed by atoms with Gasteiger partial charge in [0.15, 0.2) is 0 Å². The Morgan fingerprint density at radius 3 is 2.37 bits per heavy atom. The molecule has 19 heavy (non-hydrogen) atoms. The molecule has 1 atom stereocenters. The number of carboxylic acid groups (broad SMARTS) is 1. The molecule has 0 bridgehead atoms. The minimum absolute atomic E-state index is 0.0138. The smallest absolute Gasteiger partial charge is 0.320 e. The number of amides is 1. The minimum atomic E-state index is -0.806. The number of aliphatic carboxylic acids is 1. The van der Waals surface area contributed by atoms with E-state index < -0.39 is 12.0 Å². The average molecular weight is 268 g/mol. The van der Waals surface area contributed by atoms with E-state index in [-0.39, 0.29) is 12.5 Å². The first-order valence-electron chi connectivity index (χ1n) is 7.43. The Morgan fingerprint density at radius 2 is 1.74 bits per heavy atom. The molecule has 2 N–H and O–H groups in total. The van der Waals surface area contributed by atoms with E-state index in [2.05, 4.69) is 5.32 Å². The molecule has 0 spiro atoms. The van der Waals surface area contributed by atoms with Crippen LogP contribution < -0.4 is 5.32 Å². The molecule has 1 saturated carbocycles. The molecule has 0 radical (unpaired) electrons. The molecule has 1 unspecified atom stereocenters. The van der Waals surface area contributed by atoms with Gasteiger partial charge in [-0.2, -0.15) is 0 Å². The lowest BCUT2D eigenvalue weighted by Crippen LogP contribution is -2.45. The fourth-order valence-corrected chi connectivity index (χ4v) is 3.18. The van der Waals surface area contributed by atoms with Gasteiger partial charge in [0.25, 0.3) is 0 Å². The maximum Gasteiger partial charge on any atom is 0.320 e. The first kappa shape index (κ1) is 14.3. The van der Waals surface area contributed by atoms with Gasteiger partial charge in [-0.25, -0.2) is 0 Å². The standard InChI is InChI=1S/C14H24N2O3/c17-13(15-11-6-3-1-2-4-7-11)10-16-9-5-8-12(16)14(18)19/h11-12H,1-10H2,(H,15,17)(H,18,19). The fourth-order valence-electron chi connectivity index (χ4n) is 3.18. The van der Waals surface area contributed by atoms with E-state index in [1.807, 2.05) is 0 Å². The van der Waals surface area contributed by atoms with Crippen molar-refractivity contribution >= 4 is 11.9 Å². The van der Waals surface area contributed by atoms with Gasteiger partial charge in [0.1, 0.15) is 6.04 Å². The van der Waals surface area contributed by atoms with Gasteiger partial charge in [-0.05, 0) is 32.2 Å². The molecule has 0 aromatic carbocycles. The van der Waals surface area contributed by atoms with Crippen LogP contribution in [0.3, 0.4) is 0 Å². The van der Waals surface area contributed by atoms with Gasteiger partial charge in [-0.1, -0.05) is 25.7 Å². The predicted molar refractivity (Wildman–Crippen MR) is 71.9 cm³/mol. The molecular weight excluding hydrogens is 244 g/mol. The van der Waals surface area contributed by atoms with E-state index in [9.17, 15) is 9.59 Å². The summed E-state index contributed by atoms with van der Waals surface area (Å²) in [5.74, 6) is -0.820. The van der Waals surface area contributed by atoms with Gasteiger partial charge in [0.05, 0.1) is 6.54 Å². The summed E-state index contributed by atoms with van der Waals surface area (Å²) in [5.41, 5.74) is 0. The van der Waals surface area contributed by atoms with Crippen LogP contribution >= 0.6 is 0 Å². The molecule has 0 aromatic heterocycles. The van der Waals surface area contributed by atoms with Crippen molar-refractivity contribution in [3.8, 4) is 0 Å². The first-order valence-corrected chi connectivity index (χ1v) is 7.43. The summed E-state index contributed by atoms with van der Waals surface area (Å²) in [6.45, 7) is 0.947. The quantitative estimate of drug-likeness (QED) is 0.756. The number of nitrogens with zero attached hydrogens (tertiary/aromatic N) is 1. The third-order valence-corrected chi connectivity index (χ3v) is 4.22. The molecule has 2 aliphatic rings. The third-order valence-electron chi connectivity index (χ3n) is 4.22. The van der Waals surface area contributed by atoms with Gasteiger partial charge in [0, 0.05) is 6.04 Å². The topological polar surface area (TPSA) is 69.6 Å². The molecule has 2 fully saturated rings. The summed E-state index contributed by atoms with van der Waals surface area (Å²) in [7, 11) is 0. The highest BCUT2D eigenvalue weighted by Crippen LogP contribution is 2.18. The van der Waals surface area contributed by atoms with Crippen molar-refractivity contribution in [3.05, 3.63) is 0 Å². The number of nitrogens with one attached hydrogen (secondary N) is 1. The van der Waals surface area contributed by atoms with E-state index in [0.717, 1.165) is 25.8 Å². The van der Waals surface area contributed by atoms with E-state index in [1.165, 1.54) is 25.7 Å². The number of hydrogen-bond acceptors (Lipinski definition) is 3. The van der Waals surface area contributed by atoms with Crippen LogP contribution in [0.15, 0.2) is 0 Å². The molecule has 1 aliphatic heterocycles. The SMILES string of the molecule is O=C(CN1CCCC1C(=O)O)NC1CCCCCC1. The summed E-state index contributed by atoms with van der Waals surface area (Å²) in [4.78, 5) is 24.8. The number of likely N-dealkylation sites (tertiary alicyclic amines) is 1. The van der Waals surface area contributed by atoms with Crippen molar-refractivity contribution in [3.63, 3.8) is 0 Å². The van der Waals surface area contributed by atoms with Crippen LogP contribution in [-0.4, -0.2) is 47.1 Å². The van der Waals surface area contributed by atoms with Crippen molar-refractivity contribution in [2.75, 3.05) is 13.1 Å². The highest BCUT2D eigenvalue weighted by molar-refractivity contribution is 5.80. The zero-order valence-corrected chi connectivity index (χ0v) is 11.4. The van der Waals surface area contributed by atoms with E-state index in [1.54, 1.807) is 4.90 Å². The van der Waals surface area contributed by atoms with E-state index in [4.69, 9.17) is 5.11 Å². The summed E-state index contributed by atoms with van der Waals surface area (Å²) < 4.78 is 0. The normalized spacial score (nSPS) is 26.0. The Morgan fingerprint density at radius 1 is 1.05 bits per heavy atom. The van der Waals surface area contributed by atoms with Crippen molar-refractivity contribution < 1.29 is 14.7 Å². The van der Waals surface area contributed by atoms with E-state index >= 15 is 0 Å². The molecule has 0 aromatic rings. The minimum Gasteiger partial charge on any atom is -0.480 e. The zero-order chi connectivity index (χ0) is 13.7. The third kappa shape index (κ3) is 4.20. The van der Waals surface area contributed by atoms with Crippen LogP contribution in [-0.2, 0) is 9.59 Å². The van der Waals surface area contributed by atoms with Crippen molar-refractivity contribution in [1.82, 2.24) is 10.2 Å². The Hall–Kier alpha value is -1.10. The largest absolute Gasteiger partial charge is 0.480 e. The second-order valence-corrected chi connectivity index (χ2v) is 5.72. The van der Waals surface area contributed by atoms with Crippen molar-refractivity contribution in [1.29, 1.82) is 0 Å². The number of rotatable bonds is 4. The molecule has 1 saturated heterocycles. The monoisotopic (exact) mass is 268 g/mol. The maximum atomic E-state index is 12.0. The van der Waals surface area contributed by atoms with Crippen LogP contribution in [0.5, 0.6) is 0 Å². The maximum absolute atomic E-state index is 12.0. The molecule has 108 valence electrons. The fraction of sp³-hybridized carbons (Fsp3) is 0.857. The summed E-state index contributed by atoms with van der Waals surface area (Å²) in [6, 6.07) is -0.180. The molecule has 5 heteroatoms. The highest BCUT2D eigenvalue weighted by Gasteiger charge is 2.31. The van der Waals surface area contributed by atoms with Crippen LogP contribution in [0.4, 0.5) is 0 Å². The number of carboxylic acids is 1. The molecule has 1 heterocycles. The molecule has 1 amide bonds. The lowest BCUT2D eigenvalue weighted by atomic mass is 10.1. The summed E-state index contributed by atoms with van der Waals surface area (Å²) in [5, 5.41) is 12.2. The van der Waals surface area contributed by atoms with Gasteiger partial charge >= 0.3 is 5.97 Å². The summed E-state index contributed by atoms with van der Waals surface area (Å²) in [6.07, 6.45) is 8.56. The number of hydrogen-bond donors (Lipinski definition) is 2. The molecule has 1 aliphatic carbocycles. The second kappa shape index (κ2) is 6.89. The van der Waals surface area contributed by atoms with E-state index in [0.29, 0.717) is 12.5 Å². The first-order chi connectivity index (χ1) is 9.16. The number of carbonyl (C=O) groups excluding carboxylic acids is 1. The van der Waals surface area contributed by atoms with Crippen LogP contribution in [0.2, 0.25) is 0 Å². The van der Waals surface area contributed by atoms with Gasteiger partial charge < -0.3 is 10.4 Å². The Kier molecular flexibility index (Phi) is 5.19. The predicted octanol–water partition coefficient (Wildman–Crippen LogP) is 1.37. The van der Waals surface area contributed by atoms with Crippen LogP contribution in [0.1, 0.15) is 51.4 Å². The van der Waals surface area contributed by atoms with Crippen LogP contribution in [0, 0.1) is 0 Å². The van der Waals surface area contributed by atoms with Crippen LogP contribution in [0.25, 0.3) is 0 Å².